The van der Waals surface area contributed by atoms with Crippen molar-refractivity contribution in [3.63, 3.8) is 0 Å². The van der Waals surface area contributed by atoms with Gasteiger partial charge in [0.1, 0.15) is 5.69 Å². The van der Waals surface area contributed by atoms with Crippen molar-refractivity contribution in [2.75, 3.05) is 13.1 Å². The molecule has 0 fully saturated rings. The molecule has 16 heavy (non-hydrogen) atoms. The highest BCUT2D eigenvalue weighted by molar-refractivity contribution is 7.40. The highest BCUT2D eigenvalue weighted by Crippen LogP contribution is 2.03. The van der Waals surface area contributed by atoms with Crippen molar-refractivity contribution in [2.24, 2.45) is 0 Å². The van der Waals surface area contributed by atoms with E-state index in [0.717, 1.165) is 0 Å². The molecule has 0 bridgehead atoms. The topological polar surface area (TPSA) is 90.7 Å². The second-order valence-corrected chi connectivity index (χ2v) is 4.02. The van der Waals surface area contributed by atoms with Crippen LogP contribution in [0.5, 0.6) is 0 Å². The normalized spacial score (nSPS) is 10.9. The van der Waals surface area contributed by atoms with Crippen molar-refractivity contribution < 1.29 is 24.1 Å². The highest BCUT2D eigenvalue weighted by Gasteiger charge is 2.03. The molecule has 0 aliphatic carbocycles. The minimum atomic E-state index is -5.39. The third-order valence-electron chi connectivity index (χ3n) is 2.04. The van der Waals surface area contributed by atoms with E-state index in [9.17, 15) is 0 Å². The number of benzene rings is 1. The molecule has 1 N–H and O–H groups in total. The van der Waals surface area contributed by atoms with Gasteiger partial charge in [-0.3, -0.25) is 0 Å². The first kappa shape index (κ1) is 15.3. The minimum absolute atomic E-state index is 1.17. The van der Waals surface area contributed by atoms with Gasteiger partial charge < -0.3 is 24.1 Å². The van der Waals surface area contributed by atoms with Gasteiger partial charge in [0, 0.05) is 0 Å². The molecule has 0 saturated carbocycles. The third kappa shape index (κ3) is 8.59. The largest absolute Gasteiger partial charge is 0.822 e. The quantitative estimate of drug-likeness (QED) is 0.650. The zero-order valence-corrected chi connectivity index (χ0v) is 10.3. The van der Waals surface area contributed by atoms with Gasteiger partial charge in [-0.1, -0.05) is 18.2 Å². The Hall–Kier alpha value is -0.710. The first-order valence-corrected chi connectivity index (χ1v) is 6.47. The second kappa shape index (κ2) is 7.54. The number of para-hydroxylation sites is 1. The smallest absolute Gasteiger partial charge is 0.131 e. The van der Waals surface area contributed by atoms with Crippen LogP contribution in [-0.2, 0) is 4.57 Å². The lowest BCUT2D eigenvalue weighted by atomic mass is 10.3. The Morgan fingerprint density at radius 3 is 1.75 bits per heavy atom. The Morgan fingerprint density at radius 1 is 1.06 bits per heavy atom. The molecular weight excluding hydrogens is 229 g/mol. The third-order valence-corrected chi connectivity index (χ3v) is 2.04. The van der Waals surface area contributed by atoms with Gasteiger partial charge >= 0.3 is 0 Å². The van der Waals surface area contributed by atoms with Crippen LogP contribution in [0.2, 0.25) is 0 Å². The molecular formula is C10H16NO4P-2. The number of hydrogen-bond donors (Lipinski definition) is 1. The first-order valence-electron chi connectivity index (χ1n) is 5.01. The Bertz CT molecular complexity index is 313. The molecule has 0 aromatic heterocycles. The van der Waals surface area contributed by atoms with Gasteiger partial charge in [-0.25, -0.2) is 0 Å². The van der Waals surface area contributed by atoms with Crippen molar-refractivity contribution in [1.29, 1.82) is 0 Å². The van der Waals surface area contributed by atoms with Crippen LogP contribution in [0.4, 0.5) is 5.69 Å². The Kier molecular flexibility index (Phi) is 7.21. The lowest BCUT2D eigenvalue weighted by molar-refractivity contribution is -0.828. The summed E-state index contributed by atoms with van der Waals surface area (Å²) in [5, 5.41) is 0. The molecule has 0 amide bonds. The average Bonchev–Trinajstić information content (AvgIpc) is 2.19. The van der Waals surface area contributed by atoms with Crippen molar-refractivity contribution >= 4 is 13.5 Å². The second-order valence-electron chi connectivity index (χ2n) is 3.12. The Labute approximate surface area is 95.6 Å². The van der Waals surface area contributed by atoms with Crippen LogP contribution in [-0.4, -0.2) is 13.1 Å². The van der Waals surface area contributed by atoms with E-state index in [1.54, 1.807) is 4.90 Å². The number of phosphoric acid groups is 1. The van der Waals surface area contributed by atoms with Crippen molar-refractivity contribution in [2.45, 2.75) is 13.8 Å². The Morgan fingerprint density at radius 2 is 1.44 bits per heavy atom. The molecule has 6 heteroatoms. The van der Waals surface area contributed by atoms with Gasteiger partial charge in [0.25, 0.3) is 0 Å². The summed E-state index contributed by atoms with van der Waals surface area (Å²) in [6.45, 7) is 6.76. The molecule has 0 unspecified atom stereocenters. The molecule has 0 spiro atoms. The predicted octanol–water partition coefficient (Wildman–Crippen LogP) is -1.58. The van der Waals surface area contributed by atoms with E-state index < -0.39 is 7.82 Å². The molecule has 1 aromatic rings. The van der Waals surface area contributed by atoms with E-state index in [4.69, 9.17) is 19.2 Å². The lowest BCUT2D eigenvalue weighted by Crippen LogP contribution is -3.06. The van der Waals surface area contributed by atoms with Crippen molar-refractivity contribution in [3.8, 4) is 0 Å². The van der Waals surface area contributed by atoms with E-state index in [1.165, 1.54) is 18.8 Å². The summed E-state index contributed by atoms with van der Waals surface area (Å²) in [5.74, 6) is 0. The fourth-order valence-electron chi connectivity index (χ4n) is 1.33. The van der Waals surface area contributed by atoms with E-state index in [-0.39, 0.29) is 0 Å². The van der Waals surface area contributed by atoms with Gasteiger partial charge in [0.05, 0.1) is 13.1 Å². The molecule has 0 heterocycles. The summed E-state index contributed by atoms with van der Waals surface area (Å²) in [4.78, 5) is 27.2. The summed E-state index contributed by atoms with van der Waals surface area (Å²) < 4.78 is 8.55. The van der Waals surface area contributed by atoms with Crippen molar-refractivity contribution in [1.82, 2.24) is 0 Å². The molecule has 0 aliphatic rings. The van der Waals surface area contributed by atoms with E-state index in [2.05, 4.69) is 44.2 Å². The molecule has 0 saturated heterocycles. The standard InChI is InChI=1S/C10H15N.H3O4P/c1-3-11(4-2)10-8-6-5-7-9-10;1-5(2,3)4/h5-9H,3-4H2,1-2H3;(H3,1,2,3,4)/p-2. The van der Waals surface area contributed by atoms with Gasteiger partial charge in [0.15, 0.2) is 0 Å². The lowest BCUT2D eigenvalue weighted by Gasteiger charge is -2.36. The minimum Gasteiger partial charge on any atom is -0.822 e. The number of quaternary nitrogens is 1. The predicted molar refractivity (Wildman–Crippen MR) is 55.8 cm³/mol. The molecule has 5 nitrogen and oxygen atoms in total. The molecule has 1 aromatic carbocycles. The summed E-state index contributed by atoms with van der Waals surface area (Å²) in [6, 6.07) is 10.6. The molecule has 0 radical (unpaired) electrons. The van der Waals surface area contributed by atoms with E-state index >= 15 is 0 Å². The average molecular weight is 245 g/mol. The molecule has 92 valence electrons. The maximum absolute atomic E-state index is 8.55. The summed E-state index contributed by atoms with van der Waals surface area (Å²) in [6.07, 6.45) is 0. The number of rotatable bonds is 3. The first-order chi connectivity index (χ1) is 7.38. The SMILES string of the molecule is CC[NH+](CC)c1ccccc1.O=P([O-])([O-])[O-]. The molecule has 1 rings (SSSR count). The number of nitrogens with one attached hydrogen (secondary N) is 1. The van der Waals surface area contributed by atoms with Crippen LogP contribution in [0.3, 0.4) is 0 Å². The summed E-state index contributed by atoms with van der Waals surface area (Å²) in [7, 11) is -5.39. The zero-order chi connectivity index (χ0) is 12.6. The molecule has 0 atom stereocenters. The summed E-state index contributed by atoms with van der Waals surface area (Å²) >= 11 is 0. The van der Waals surface area contributed by atoms with E-state index in [0.29, 0.717) is 0 Å². The van der Waals surface area contributed by atoms with Crippen molar-refractivity contribution in [3.05, 3.63) is 30.3 Å². The monoisotopic (exact) mass is 245 g/mol. The van der Waals surface area contributed by atoms with Gasteiger partial charge in [-0.15, -0.1) is 0 Å². The molecule has 0 aliphatic heterocycles. The zero-order valence-electron chi connectivity index (χ0n) is 9.38. The van der Waals surface area contributed by atoms with Gasteiger partial charge in [-0.2, -0.15) is 7.82 Å². The van der Waals surface area contributed by atoms with Crippen LogP contribution < -0.4 is 19.6 Å². The number of hydrogen-bond acceptors (Lipinski definition) is 4. The Balaban J connectivity index is 0.000000385. The fourth-order valence-corrected chi connectivity index (χ4v) is 1.33. The van der Waals surface area contributed by atoms with E-state index in [1.807, 2.05) is 0 Å². The van der Waals surface area contributed by atoms with Crippen LogP contribution in [0, 0.1) is 0 Å². The highest BCUT2D eigenvalue weighted by atomic mass is 31.2. The van der Waals surface area contributed by atoms with Crippen LogP contribution in [0.15, 0.2) is 30.3 Å². The van der Waals surface area contributed by atoms with Crippen LogP contribution >= 0.6 is 7.82 Å². The van der Waals surface area contributed by atoms with Gasteiger partial charge in [-0.05, 0) is 26.0 Å². The van der Waals surface area contributed by atoms with Crippen LogP contribution in [0.1, 0.15) is 13.8 Å². The fraction of sp³-hybridized carbons (Fsp3) is 0.400. The maximum atomic E-state index is 8.55. The summed E-state index contributed by atoms with van der Waals surface area (Å²) in [5.41, 5.74) is 1.40. The van der Waals surface area contributed by atoms with Crippen LogP contribution in [0.25, 0.3) is 0 Å². The van der Waals surface area contributed by atoms with Gasteiger partial charge in [0.2, 0.25) is 0 Å². The maximum Gasteiger partial charge on any atom is 0.131 e.